The first-order valence-electron chi connectivity index (χ1n) is 7.35. The van der Waals surface area contributed by atoms with E-state index in [1.165, 1.54) is 0 Å². The van der Waals surface area contributed by atoms with E-state index in [0.29, 0.717) is 6.42 Å². The number of carboxylic acids is 1. The summed E-state index contributed by atoms with van der Waals surface area (Å²) in [4.78, 5) is 27.7. The third-order valence-corrected chi connectivity index (χ3v) is 4.50. The molecule has 0 bridgehead atoms. The first-order valence-corrected chi connectivity index (χ1v) is 7.35. The molecule has 1 saturated heterocycles. The number of hydrogen-bond acceptors (Lipinski definition) is 3. The van der Waals surface area contributed by atoms with Crippen LogP contribution < -0.4 is 0 Å². The predicted octanol–water partition coefficient (Wildman–Crippen LogP) is 1.04. The number of piperazine rings is 1. The average molecular weight is 268 g/mol. The first kappa shape index (κ1) is 14.3. The Morgan fingerprint density at radius 1 is 1.11 bits per heavy atom. The molecule has 0 aromatic heterocycles. The smallest absolute Gasteiger partial charge is 0.306 e. The van der Waals surface area contributed by atoms with Crippen molar-refractivity contribution in [1.82, 2.24) is 9.80 Å². The van der Waals surface area contributed by atoms with Crippen LogP contribution in [0.25, 0.3) is 0 Å². The summed E-state index contributed by atoms with van der Waals surface area (Å²) < 4.78 is 0. The molecule has 0 aromatic rings. The molecule has 5 heteroatoms. The molecule has 1 N–H and O–H groups in total. The van der Waals surface area contributed by atoms with Crippen LogP contribution in [0.1, 0.15) is 32.6 Å². The van der Waals surface area contributed by atoms with E-state index >= 15 is 0 Å². The van der Waals surface area contributed by atoms with Crippen molar-refractivity contribution in [3.05, 3.63) is 0 Å². The van der Waals surface area contributed by atoms with Gasteiger partial charge in [-0.3, -0.25) is 9.59 Å². The Balaban J connectivity index is 1.87. The zero-order chi connectivity index (χ0) is 13.8. The molecule has 1 amide bonds. The number of carbonyl (C=O) groups excluding carboxylic acids is 1. The number of amides is 1. The van der Waals surface area contributed by atoms with Crippen LogP contribution in [0.5, 0.6) is 0 Å². The lowest BCUT2D eigenvalue weighted by Crippen LogP contribution is -2.50. The molecular formula is C14H24N2O3. The Kier molecular flexibility index (Phi) is 4.80. The van der Waals surface area contributed by atoms with Crippen molar-refractivity contribution in [2.24, 2.45) is 11.8 Å². The molecule has 1 aliphatic carbocycles. The summed E-state index contributed by atoms with van der Waals surface area (Å²) >= 11 is 0. The van der Waals surface area contributed by atoms with E-state index in [9.17, 15) is 9.59 Å². The quantitative estimate of drug-likeness (QED) is 0.831. The van der Waals surface area contributed by atoms with Gasteiger partial charge in [-0.1, -0.05) is 13.3 Å². The highest BCUT2D eigenvalue weighted by atomic mass is 16.4. The number of carbonyl (C=O) groups is 2. The van der Waals surface area contributed by atoms with Crippen LogP contribution in [-0.4, -0.2) is 59.5 Å². The number of hydrogen-bond donors (Lipinski definition) is 1. The molecule has 0 radical (unpaired) electrons. The fourth-order valence-electron chi connectivity index (χ4n) is 3.18. The highest BCUT2D eigenvalue weighted by molar-refractivity contribution is 5.80. The minimum atomic E-state index is -0.742. The summed E-state index contributed by atoms with van der Waals surface area (Å²) in [6.45, 7) is 6.64. The van der Waals surface area contributed by atoms with Gasteiger partial charge in [0, 0.05) is 32.1 Å². The van der Waals surface area contributed by atoms with Gasteiger partial charge in [-0.05, 0) is 25.8 Å². The molecular weight excluding hydrogens is 244 g/mol. The Bertz CT molecular complexity index is 338. The van der Waals surface area contributed by atoms with E-state index in [4.69, 9.17) is 5.11 Å². The zero-order valence-electron chi connectivity index (χ0n) is 11.7. The normalized spacial score (nSPS) is 29.2. The molecule has 1 aliphatic heterocycles. The lowest BCUT2D eigenvalue weighted by atomic mass is 9.80. The highest BCUT2D eigenvalue weighted by Crippen LogP contribution is 2.30. The van der Waals surface area contributed by atoms with Crippen LogP contribution in [0.3, 0.4) is 0 Å². The molecule has 2 fully saturated rings. The number of rotatable bonds is 3. The largest absolute Gasteiger partial charge is 0.481 e. The summed E-state index contributed by atoms with van der Waals surface area (Å²) in [5.74, 6) is -0.947. The van der Waals surface area contributed by atoms with Gasteiger partial charge in [0.1, 0.15) is 0 Å². The molecule has 19 heavy (non-hydrogen) atoms. The van der Waals surface area contributed by atoms with Crippen LogP contribution in [0.15, 0.2) is 0 Å². The lowest BCUT2D eigenvalue weighted by molar-refractivity contribution is -0.146. The summed E-state index contributed by atoms with van der Waals surface area (Å²) in [7, 11) is 0. The summed E-state index contributed by atoms with van der Waals surface area (Å²) in [6.07, 6.45) is 2.98. The van der Waals surface area contributed by atoms with Gasteiger partial charge < -0.3 is 14.9 Å². The molecule has 108 valence electrons. The molecule has 5 nitrogen and oxygen atoms in total. The van der Waals surface area contributed by atoms with E-state index in [2.05, 4.69) is 11.8 Å². The number of nitrogens with zero attached hydrogens (tertiary/aromatic N) is 2. The molecule has 2 atom stereocenters. The molecule has 1 heterocycles. The second-order valence-corrected chi connectivity index (χ2v) is 5.66. The topological polar surface area (TPSA) is 60.9 Å². The van der Waals surface area contributed by atoms with Crippen LogP contribution in [0.2, 0.25) is 0 Å². The Morgan fingerprint density at radius 3 is 2.32 bits per heavy atom. The van der Waals surface area contributed by atoms with Gasteiger partial charge in [0.15, 0.2) is 0 Å². The van der Waals surface area contributed by atoms with Crippen LogP contribution in [0, 0.1) is 11.8 Å². The van der Waals surface area contributed by atoms with E-state index < -0.39 is 5.97 Å². The first-order chi connectivity index (χ1) is 9.11. The van der Waals surface area contributed by atoms with Gasteiger partial charge in [0.2, 0.25) is 5.91 Å². The van der Waals surface area contributed by atoms with E-state index in [0.717, 1.165) is 52.0 Å². The highest BCUT2D eigenvalue weighted by Gasteiger charge is 2.34. The van der Waals surface area contributed by atoms with Gasteiger partial charge in [-0.15, -0.1) is 0 Å². The predicted molar refractivity (Wildman–Crippen MR) is 71.8 cm³/mol. The number of aliphatic carboxylic acids is 1. The van der Waals surface area contributed by atoms with Gasteiger partial charge in [0.25, 0.3) is 0 Å². The summed E-state index contributed by atoms with van der Waals surface area (Å²) in [5, 5.41) is 9.08. The maximum Gasteiger partial charge on any atom is 0.306 e. The third kappa shape index (κ3) is 3.47. The van der Waals surface area contributed by atoms with Gasteiger partial charge in [0.05, 0.1) is 5.92 Å². The lowest BCUT2D eigenvalue weighted by Gasteiger charge is -2.37. The SMILES string of the molecule is CCN1CCN(C(=O)C2CCCC(C(=O)O)C2)CC1. The van der Waals surface area contributed by atoms with Crippen molar-refractivity contribution in [2.45, 2.75) is 32.6 Å². The van der Waals surface area contributed by atoms with Crippen molar-refractivity contribution in [3.8, 4) is 0 Å². The summed E-state index contributed by atoms with van der Waals surface area (Å²) in [6, 6.07) is 0. The Morgan fingerprint density at radius 2 is 1.74 bits per heavy atom. The number of carboxylic acid groups (broad SMARTS) is 1. The Hall–Kier alpha value is -1.10. The molecule has 2 aliphatic rings. The Labute approximate surface area is 114 Å². The fourth-order valence-corrected chi connectivity index (χ4v) is 3.18. The fraction of sp³-hybridized carbons (Fsp3) is 0.857. The van der Waals surface area contributed by atoms with Crippen molar-refractivity contribution in [1.29, 1.82) is 0 Å². The van der Waals surface area contributed by atoms with Gasteiger partial charge in [-0.25, -0.2) is 0 Å². The average Bonchev–Trinajstić information content (AvgIpc) is 2.46. The van der Waals surface area contributed by atoms with E-state index in [1.807, 2.05) is 4.90 Å². The van der Waals surface area contributed by atoms with E-state index in [-0.39, 0.29) is 17.7 Å². The molecule has 0 spiro atoms. The molecule has 2 rings (SSSR count). The van der Waals surface area contributed by atoms with Crippen molar-refractivity contribution >= 4 is 11.9 Å². The second kappa shape index (κ2) is 6.37. The van der Waals surface area contributed by atoms with Crippen molar-refractivity contribution in [3.63, 3.8) is 0 Å². The third-order valence-electron chi connectivity index (χ3n) is 4.50. The van der Waals surface area contributed by atoms with Crippen molar-refractivity contribution < 1.29 is 14.7 Å². The maximum atomic E-state index is 12.4. The van der Waals surface area contributed by atoms with Gasteiger partial charge in [-0.2, -0.15) is 0 Å². The second-order valence-electron chi connectivity index (χ2n) is 5.66. The van der Waals surface area contributed by atoms with Crippen molar-refractivity contribution in [2.75, 3.05) is 32.7 Å². The minimum absolute atomic E-state index is 0.0666. The van der Waals surface area contributed by atoms with Crippen LogP contribution in [-0.2, 0) is 9.59 Å². The standard InChI is InChI=1S/C14H24N2O3/c1-2-15-6-8-16(9-7-15)13(17)11-4-3-5-12(10-11)14(18)19/h11-12H,2-10H2,1H3,(H,18,19). The monoisotopic (exact) mass is 268 g/mol. The van der Waals surface area contributed by atoms with E-state index in [1.54, 1.807) is 0 Å². The molecule has 1 saturated carbocycles. The van der Waals surface area contributed by atoms with Crippen LogP contribution in [0.4, 0.5) is 0 Å². The maximum absolute atomic E-state index is 12.4. The zero-order valence-corrected chi connectivity index (χ0v) is 11.7. The molecule has 0 aromatic carbocycles. The minimum Gasteiger partial charge on any atom is -0.481 e. The molecule has 2 unspecified atom stereocenters. The van der Waals surface area contributed by atoms with Gasteiger partial charge >= 0.3 is 5.97 Å². The number of likely N-dealkylation sites (N-methyl/N-ethyl adjacent to an activating group) is 1. The summed E-state index contributed by atoms with van der Waals surface area (Å²) in [5.41, 5.74) is 0. The van der Waals surface area contributed by atoms with Crippen LogP contribution >= 0.6 is 0 Å².